The lowest BCUT2D eigenvalue weighted by atomic mass is 10.1. The zero-order valence-electron chi connectivity index (χ0n) is 14.7. The van der Waals surface area contributed by atoms with Crippen LogP contribution in [-0.4, -0.2) is 0 Å². The molecule has 0 saturated heterocycles. The van der Waals surface area contributed by atoms with Crippen LogP contribution in [0.25, 0.3) is 56.0 Å². The standard InChI is InChI=1S/C24H18O2/c1-3-5-15-7-9-17-19-11-12-20-18-10-8-16(6-4-2)14-22(18)26-24(20)23(19)25-21(17)13-15/h3-14H,1-2H3/b5-3+,6-4+. The van der Waals surface area contributed by atoms with Crippen LogP contribution in [0.15, 0.2) is 69.5 Å². The molecule has 0 aliphatic rings. The summed E-state index contributed by atoms with van der Waals surface area (Å²) in [6.45, 7) is 4.03. The lowest BCUT2D eigenvalue weighted by molar-refractivity contribution is 0.633. The number of fused-ring (bicyclic) bond motifs is 7. The first-order valence-electron chi connectivity index (χ1n) is 8.85. The molecular weight excluding hydrogens is 320 g/mol. The van der Waals surface area contributed by atoms with E-state index < -0.39 is 0 Å². The summed E-state index contributed by atoms with van der Waals surface area (Å²) in [4.78, 5) is 0. The Labute approximate surface area is 151 Å². The van der Waals surface area contributed by atoms with Gasteiger partial charge in [0.1, 0.15) is 11.2 Å². The van der Waals surface area contributed by atoms with Crippen molar-refractivity contribution < 1.29 is 8.83 Å². The summed E-state index contributed by atoms with van der Waals surface area (Å²) in [5.74, 6) is 0. The minimum absolute atomic E-state index is 0.818. The smallest absolute Gasteiger partial charge is 0.178 e. The average molecular weight is 338 g/mol. The monoisotopic (exact) mass is 338 g/mol. The number of allylic oxidation sites excluding steroid dienone is 2. The second kappa shape index (κ2) is 5.63. The Morgan fingerprint density at radius 1 is 0.577 bits per heavy atom. The van der Waals surface area contributed by atoms with Crippen molar-refractivity contribution in [2.24, 2.45) is 0 Å². The fourth-order valence-corrected chi connectivity index (χ4v) is 3.69. The van der Waals surface area contributed by atoms with Gasteiger partial charge in [-0.3, -0.25) is 0 Å². The van der Waals surface area contributed by atoms with Crippen LogP contribution in [0.2, 0.25) is 0 Å². The van der Waals surface area contributed by atoms with Gasteiger partial charge in [-0.1, -0.05) is 36.4 Å². The van der Waals surface area contributed by atoms with Crippen molar-refractivity contribution in [1.29, 1.82) is 0 Å². The number of benzene rings is 3. The molecule has 2 heteroatoms. The molecule has 5 rings (SSSR count). The van der Waals surface area contributed by atoms with E-state index in [0.717, 1.165) is 55.0 Å². The van der Waals surface area contributed by atoms with Crippen LogP contribution in [0, 0.1) is 0 Å². The Kier molecular flexibility index (Phi) is 3.26. The highest BCUT2D eigenvalue weighted by Crippen LogP contribution is 2.39. The van der Waals surface area contributed by atoms with E-state index in [4.69, 9.17) is 8.83 Å². The first-order chi connectivity index (χ1) is 12.8. The fraction of sp³-hybridized carbons (Fsp3) is 0.0833. The van der Waals surface area contributed by atoms with Gasteiger partial charge in [-0.2, -0.15) is 0 Å². The molecule has 0 aliphatic carbocycles. The number of hydrogen-bond donors (Lipinski definition) is 0. The van der Waals surface area contributed by atoms with Crippen LogP contribution in [0.5, 0.6) is 0 Å². The third kappa shape index (κ3) is 2.12. The van der Waals surface area contributed by atoms with Crippen LogP contribution >= 0.6 is 0 Å². The molecule has 126 valence electrons. The lowest BCUT2D eigenvalue weighted by Crippen LogP contribution is -1.72. The molecule has 0 bridgehead atoms. The van der Waals surface area contributed by atoms with E-state index in [9.17, 15) is 0 Å². The van der Waals surface area contributed by atoms with Gasteiger partial charge in [0, 0.05) is 21.5 Å². The molecule has 5 aromatic rings. The number of rotatable bonds is 2. The van der Waals surface area contributed by atoms with Gasteiger partial charge in [0.25, 0.3) is 0 Å². The molecule has 2 nitrogen and oxygen atoms in total. The maximum absolute atomic E-state index is 6.22. The summed E-state index contributed by atoms with van der Waals surface area (Å²) in [6.07, 6.45) is 8.21. The highest BCUT2D eigenvalue weighted by Gasteiger charge is 2.15. The molecule has 0 N–H and O–H groups in total. The molecule has 0 unspecified atom stereocenters. The minimum atomic E-state index is 0.818. The highest BCUT2D eigenvalue weighted by atomic mass is 16.4. The molecule has 26 heavy (non-hydrogen) atoms. The summed E-state index contributed by atoms with van der Waals surface area (Å²) in [7, 11) is 0. The summed E-state index contributed by atoms with van der Waals surface area (Å²) < 4.78 is 12.4. The van der Waals surface area contributed by atoms with E-state index in [1.54, 1.807) is 0 Å². The quantitative estimate of drug-likeness (QED) is 0.332. The molecule has 3 aromatic carbocycles. The molecule has 0 fully saturated rings. The highest BCUT2D eigenvalue weighted by molar-refractivity contribution is 6.19. The van der Waals surface area contributed by atoms with Gasteiger partial charge in [0.05, 0.1) is 0 Å². The maximum Gasteiger partial charge on any atom is 0.178 e. The second-order valence-corrected chi connectivity index (χ2v) is 6.53. The normalized spacial score (nSPS) is 12.7. The zero-order chi connectivity index (χ0) is 17.7. The van der Waals surface area contributed by atoms with Crippen molar-refractivity contribution in [1.82, 2.24) is 0 Å². The zero-order valence-corrected chi connectivity index (χ0v) is 14.7. The minimum Gasteiger partial charge on any atom is -0.452 e. The third-order valence-electron chi connectivity index (χ3n) is 4.85. The first-order valence-corrected chi connectivity index (χ1v) is 8.85. The Hall–Kier alpha value is -3.26. The van der Waals surface area contributed by atoms with Crippen molar-refractivity contribution >= 4 is 56.0 Å². The van der Waals surface area contributed by atoms with Crippen molar-refractivity contribution in [2.45, 2.75) is 13.8 Å². The van der Waals surface area contributed by atoms with Gasteiger partial charge in [-0.05, 0) is 61.4 Å². The molecule has 0 aliphatic heterocycles. The van der Waals surface area contributed by atoms with Crippen molar-refractivity contribution in [3.05, 3.63) is 71.8 Å². The number of furan rings is 2. The Morgan fingerprint density at radius 2 is 1.00 bits per heavy atom. The lowest BCUT2D eigenvalue weighted by Gasteiger charge is -1.93. The fourth-order valence-electron chi connectivity index (χ4n) is 3.69. The summed E-state index contributed by atoms with van der Waals surface area (Å²) in [6, 6.07) is 16.9. The van der Waals surface area contributed by atoms with Gasteiger partial charge in [0.2, 0.25) is 0 Å². The van der Waals surface area contributed by atoms with Gasteiger partial charge in [-0.15, -0.1) is 0 Å². The molecule has 2 heterocycles. The van der Waals surface area contributed by atoms with Crippen molar-refractivity contribution in [3.8, 4) is 0 Å². The molecule has 0 atom stereocenters. The largest absolute Gasteiger partial charge is 0.452 e. The topological polar surface area (TPSA) is 26.3 Å². The van der Waals surface area contributed by atoms with Crippen LogP contribution in [-0.2, 0) is 0 Å². The first kappa shape index (κ1) is 15.0. The van der Waals surface area contributed by atoms with Crippen LogP contribution < -0.4 is 0 Å². The summed E-state index contributed by atoms with van der Waals surface area (Å²) in [5.41, 5.74) is 5.68. The average Bonchev–Trinajstić information content (AvgIpc) is 3.19. The second-order valence-electron chi connectivity index (χ2n) is 6.53. The van der Waals surface area contributed by atoms with Crippen LogP contribution in [0.3, 0.4) is 0 Å². The predicted octanol–water partition coefficient (Wildman–Crippen LogP) is 7.55. The van der Waals surface area contributed by atoms with E-state index in [-0.39, 0.29) is 0 Å². The molecule has 0 spiro atoms. The van der Waals surface area contributed by atoms with Crippen LogP contribution in [0.1, 0.15) is 25.0 Å². The van der Waals surface area contributed by atoms with E-state index in [1.807, 2.05) is 26.0 Å². The Bertz CT molecular complexity index is 1240. The molecular formula is C24H18O2. The maximum atomic E-state index is 6.22. The van der Waals surface area contributed by atoms with E-state index >= 15 is 0 Å². The van der Waals surface area contributed by atoms with Crippen LogP contribution in [0.4, 0.5) is 0 Å². The molecule has 0 saturated carbocycles. The SMILES string of the molecule is C/C=C/c1ccc2c(c1)oc1c2ccc2c3ccc(/C=C/C)cc3oc21. The molecule has 2 aromatic heterocycles. The molecule has 0 radical (unpaired) electrons. The predicted molar refractivity (Wildman–Crippen MR) is 110 cm³/mol. The molecule has 0 amide bonds. The van der Waals surface area contributed by atoms with Gasteiger partial charge < -0.3 is 8.83 Å². The van der Waals surface area contributed by atoms with Gasteiger partial charge in [-0.25, -0.2) is 0 Å². The Balaban J connectivity index is 1.85. The Morgan fingerprint density at radius 3 is 1.42 bits per heavy atom. The van der Waals surface area contributed by atoms with E-state index in [0.29, 0.717) is 0 Å². The summed E-state index contributed by atoms with van der Waals surface area (Å²) >= 11 is 0. The van der Waals surface area contributed by atoms with E-state index in [1.165, 1.54) is 0 Å². The van der Waals surface area contributed by atoms with Gasteiger partial charge in [0.15, 0.2) is 11.2 Å². The summed E-state index contributed by atoms with van der Waals surface area (Å²) in [5, 5.41) is 4.41. The van der Waals surface area contributed by atoms with Gasteiger partial charge >= 0.3 is 0 Å². The van der Waals surface area contributed by atoms with Crippen molar-refractivity contribution in [2.75, 3.05) is 0 Å². The number of hydrogen-bond acceptors (Lipinski definition) is 2. The third-order valence-corrected chi connectivity index (χ3v) is 4.85. The van der Waals surface area contributed by atoms with Crippen molar-refractivity contribution in [3.63, 3.8) is 0 Å². The van der Waals surface area contributed by atoms with E-state index in [2.05, 4.69) is 60.7 Å².